The molecule has 6 heteroatoms. The fourth-order valence-corrected chi connectivity index (χ4v) is 3.26. The predicted octanol–water partition coefficient (Wildman–Crippen LogP) is 4.77. The topological polar surface area (TPSA) is 61.2 Å². The number of fused-ring (bicyclic) bond motifs is 1. The number of benzene rings is 3. The Balaban J connectivity index is 1.82. The van der Waals surface area contributed by atoms with Gasteiger partial charge in [-0.25, -0.2) is 14.2 Å². The summed E-state index contributed by atoms with van der Waals surface area (Å²) in [4.78, 5) is 35.8. The average Bonchev–Trinajstić information content (AvgIpc) is 2.75. The molecule has 0 fully saturated rings. The van der Waals surface area contributed by atoms with Gasteiger partial charge in [0.2, 0.25) is 0 Å². The molecule has 0 N–H and O–H groups in total. The standard InChI is InChI=1S/C25H21FN2O3/c1-25(2,3)17-14-12-16(13-15-17)24(30)31-28-22(18-8-4-6-10-20(18)26)27-21-11-7-5-9-19(21)23(28)29/h4-15H,1-3H3. The zero-order chi connectivity index (χ0) is 22.2. The number of carbonyl (C=O) groups is 1. The van der Waals surface area contributed by atoms with Crippen LogP contribution in [-0.4, -0.2) is 15.7 Å². The van der Waals surface area contributed by atoms with Crippen LogP contribution < -0.4 is 10.4 Å². The van der Waals surface area contributed by atoms with Gasteiger partial charge in [-0.1, -0.05) is 57.2 Å². The van der Waals surface area contributed by atoms with Gasteiger partial charge in [-0.2, -0.15) is 0 Å². The highest BCUT2D eigenvalue weighted by atomic mass is 19.1. The Bertz CT molecular complexity index is 1340. The maximum Gasteiger partial charge on any atom is 0.363 e. The lowest BCUT2D eigenvalue weighted by Gasteiger charge is -2.19. The fourth-order valence-electron chi connectivity index (χ4n) is 3.26. The second-order valence-corrected chi connectivity index (χ2v) is 8.24. The molecule has 4 rings (SSSR count). The van der Waals surface area contributed by atoms with Crippen molar-refractivity contribution in [3.05, 3.63) is 100 Å². The molecule has 1 aromatic heterocycles. The molecule has 3 aromatic carbocycles. The fraction of sp³-hybridized carbons (Fsp3) is 0.160. The van der Waals surface area contributed by atoms with Crippen LogP contribution in [-0.2, 0) is 5.41 Å². The molecule has 0 aliphatic rings. The lowest BCUT2D eigenvalue weighted by atomic mass is 9.87. The molecular weight excluding hydrogens is 395 g/mol. The molecule has 156 valence electrons. The lowest BCUT2D eigenvalue weighted by Crippen LogP contribution is -2.33. The summed E-state index contributed by atoms with van der Waals surface area (Å²) in [6, 6.07) is 19.5. The summed E-state index contributed by atoms with van der Waals surface area (Å²) in [5, 5.41) is 0.262. The summed E-state index contributed by atoms with van der Waals surface area (Å²) < 4.78 is 15.3. The van der Waals surface area contributed by atoms with Crippen molar-refractivity contribution in [2.45, 2.75) is 26.2 Å². The van der Waals surface area contributed by atoms with Crippen LogP contribution in [0.2, 0.25) is 0 Å². The van der Waals surface area contributed by atoms with Crippen LogP contribution in [0.15, 0.2) is 77.6 Å². The molecule has 31 heavy (non-hydrogen) atoms. The van der Waals surface area contributed by atoms with Crippen molar-refractivity contribution in [1.82, 2.24) is 9.71 Å². The SMILES string of the molecule is CC(C)(C)c1ccc(C(=O)On2c(-c3ccccc3F)nc3ccccc3c2=O)cc1. The first kappa shape index (κ1) is 20.5. The predicted molar refractivity (Wildman–Crippen MR) is 117 cm³/mol. The lowest BCUT2D eigenvalue weighted by molar-refractivity contribution is 0.0449. The van der Waals surface area contributed by atoms with E-state index in [0.717, 1.165) is 10.3 Å². The molecule has 0 radical (unpaired) electrons. The maximum absolute atomic E-state index is 14.5. The highest BCUT2D eigenvalue weighted by Crippen LogP contribution is 2.23. The van der Waals surface area contributed by atoms with Gasteiger partial charge in [-0.15, -0.1) is 4.73 Å². The number of aromatic nitrogens is 2. The smallest absolute Gasteiger partial charge is 0.326 e. The van der Waals surface area contributed by atoms with Gasteiger partial charge in [0, 0.05) is 0 Å². The molecule has 1 heterocycles. The van der Waals surface area contributed by atoms with Crippen LogP contribution in [0.5, 0.6) is 0 Å². The molecule has 0 amide bonds. The van der Waals surface area contributed by atoms with E-state index in [9.17, 15) is 14.0 Å². The number of hydrogen-bond acceptors (Lipinski definition) is 4. The van der Waals surface area contributed by atoms with Crippen molar-refractivity contribution < 1.29 is 14.0 Å². The van der Waals surface area contributed by atoms with Crippen LogP contribution in [0.3, 0.4) is 0 Å². The first-order valence-electron chi connectivity index (χ1n) is 9.85. The van der Waals surface area contributed by atoms with Gasteiger partial charge in [0.05, 0.1) is 22.0 Å². The highest BCUT2D eigenvalue weighted by molar-refractivity contribution is 5.90. The third-order valence-corrected chi connectivity index (χ3v) is 5.01. The number of carbonyl (C=O) groups excluding carboxylic acids is 1. The van der Waals surface area contributed by atoms with Crippen molar-refractivity contribution >= 4 is 16.9 Å². The Morgan fingerprint density at radius 2 is 1.58 bits per heavy atom. The van der Waals surface area contributed by atoms with Gasteiger partial charge in [0.1, 0.15) is 5.82 Å². The van der Waals surface area contributed by atoms with E-state index >= 15 is 0 Å². The summed E-state index contributed by atoms with van der Waals surface area (Å²) in [5.41, 5.74) is 1.10. The van der Waals surface area contributed by atoms with Gasteiger partial charge < -0.3 is 4.84 Å². The van der Waals surface area contributed by atoms with E-state index in [1.165, 1.54) is 18.2 Å². The molecule has 0 unspecified atom stereocenters. The Kier molecular flexibility index (Phi) is 5.15. The Morgan fingerprint density at radius 3 is 2.26 bits per heavy atom. The van der Waals surface area contributed by atoms with Crippen LogP contribution >= 0.6 is 0 Å². The van der Waals surface area contributed by atoms with Crippen molar-refractivity contribution in [2.75, 3.05) is 0 Å². The van der Waals surface area contributed by atoms with Gasteiger partial charge >= 0.3 is 5.97 Å². The minimum absolute atomic E-state index is 0.0567. The quantitative estimate of drug-likeness (QED) is 0.483. The van der Waals surface area contributed by atoms with E-state index < -0.39 is 17.3 Å². The third-order valence-electron chi connectivity index (χ3n) is 5.01. The van der Waals surface area contributed by atoms with Crippen molar-refractivity contribution in [3.63, 3.8) is 0 Å². The molecule has 0 saturated carbocycles. The van der Waals surface area contributed by atoms with Crippen LogP contribution in [0.1, 0.15) is 36.7 Å². The molecule has 4 aromatic rings. The van der Waals surface area contributed by atoms with E-state index in [-0.39, 0.29) is 27.8 Å². The van der Waals surface area contributed by atoms with Gasteiger partial charge in [0.25, 0.3) is 5.56 Å². The molecule has 5 nitrogen and oxygen atoms in total. The minimum atomic E-state index is -0.739. The van der Waals surface area contributed by atoms with Crippen LogP contribution in [0.4, 0.5) is 4.39 Å². The summed E-state index contributed by atoms with van der Waals surface area (Å²) in [6.07, 6.45) is 0. The normalized spacial score (nSPS) is 11.5. The second kappa shape index (κ2) is 7.80. The number of nitrogens with zero attached hydrogens (tertiary/aromatic N) is 2. The zero-order valence-electron chi connectivity index (χ0n) is 17.4. The molecule has 0 aliphatic heterocycles. The summed E-state index contributed by atoms with van der Waals surface area (Å²) in [6.45, 7) is 6.21. The largest absolute Gasteiger partial charge is 0.363 e. The molecule has 0 atom stereocenters. The summed E-state index contributed by atoms with van der Waals surface area (Å²) >= 11 is 0. The van der Waals surface area contributed by atoms with E-state index in [2.05, 4.69) is 25.8 Å². The van der Waals surface area contributed by atoms with E-state index in [1.807, 2.05) is 12.1 Å². The molecule has 0 aliphatic carbocycles. The van der Waals surface area contributed by atoms with E-state index in [1.54, 1.807) is 42.5 Å². The first-order chi connectivity index (χ1) is 14.8. The van der Waals surface area contributed by atoms with Gasteiger partial charge in [-0.3, -0.25) is 4.79 Å². The molecule has 0 spiro atoms. The molecule has 0 saturated heterocycles. The maximum atomic E-state index is 14.5. The molecule has 0 bridgehead atoms. The monoisotopic (exact) mass is 416 g/mol. The highest BCUT2D eigenvalue weighted by Gasteiger charge is 2.20. The number of rotatable bonds is 3. The van der Waals surface area contributed by atoms with Gasteiger partial charge in [0.15, 0.2) is 5.82 Å². The Labute approximate surface area is 178 Å². The van der Waals surface area contributed by atoms with Crippen molar-refractivity contribution in [1.29, 1.82) is 0 Å². The van der Waals surface area contributed by atoms with E-state index in [0.29, 0.717) is 5.52 Å². The van der Waals surface area contributed by atoms with Crippen molar-refractivity contribution in [3.8, 4) is 11.4 Å². The van der Waals surface area contributed by atoms with Crippen molar-refractivity contribution in [2.24, 2.45) is 0 Å². The number of halogens is 1. The summed E-state index contributed by atoms with van der Waals surface area (Å²) in [5.74, 6) is -1.40. The van der Waals surface area contributed by atoms with E-state index in [4.69, 9.17) is 4.84 Å². The number of hydrogen-bond donors (Lipinski definition) is 0. The Morgan fingerprint density at radius 1 is 0.935 bits per heavy atom. The Hall–Kier alpha value is -3.80. The first-order valence-corrected chi connectivity index (χ1v) is 9.85. The zero-order valence-corrected chi connectivity index (χ0v) is 17.4. The minimum Gasteiger partial charge on any atom is -0.326 e. The van der Waals surface area contributed by atoms with Crippen LogP contribution in [0.25, 0.3) is 22.3 Å². The van der Waals surface area contributed by atoms with Gasteiger partial charge in [-0.05, 0) is 47.4 Å². The van der Waals surface area contributed by atoms with Crippen LogP contribution in [0, 0.1) is 5.82 Å². The molecular formula is C25H21FN2O3. The summed E-state index contributed by atoms with van der Waals surface area (Å²) in [7, 11) is 0. The second-order valence-electron chi connectivity index (χ2n) is 8.24. The third kappa shape index (κ3) is 3.97. The average molecular weight is 416 g/mol. The number of para-hydroxylation sites is 1.